The molecule has 0 aliphatic heterocycles. The zero-order valence-electron chi connectivity index (χ0n) is 5.86. The molecule has 0 aromatic rings. The molecule has 0 saturated heterocycles. The van der Waals surface area contributed by atoms with Crippen LogP contribution in [0.3, 0.4) is 0 Å². The first kappa shape index (κ1) is 12.2. The SMILES string of the molecule is CCOC(=O)CC(I)=C(Br)I. The topological polar surface area (TPSA) is 26.3 Å². The summed E-state index contributed by atoms with van der Waals surface area (Å²) < 4.78 is 6.70. The fraction of sp³-hybridized carbons (Fsp3) is 0.500. The second kappa shape index (κ2) is 6.64. The lowest BCUT2D eigenvalue weighted by Gasteiger charge is -2.00. The van der Waals surface area contributed by atoms with Gasteiger partial charge in [-0.2, -0.15) is 0 Å². The third-order valence-corrected chi connectivity index (χ3v) is 4.63. The first-order valence-electron chi connectivity index (χ1n) is 2.93. The lowest BCUT2D eigenvalue weighted by Crippen LogP contribution is -2.03. The number of carbonyl (C=O) groups excluding carboxylic acids is 1. The number of hydrogen-bond acceptors (Lipinski definition) is 2. The highest BCUT2D eigenvalue weighted by Crippen LogP contribution is 2.27. The number of esters is 1. The first-order chi connectivity index (χ1) is 5.07. The van der Waals surface area contributed by atoms with Crippen molar-refractivity contribution in [2.45, 2.75) is 13.3 Å². The number of ether oxygens (including phenoxy) is 1. The maximum Gasteiger partial charge on any atom is 0.310 e. The first-order valence-corrected chi connectivity index (χ1v) is 5.88. The molecule has 2 nitrogen and oxygen atoms in total. The Labute approximate surface area is 102 Å². The smallest absolute Gasteiger partial charge is 0.310 e. The molecule has 0 atom stereocenters. The zero-order valence-corrected chi connectivity index (χ0v) is 11.8. The van der Waals surface area contributed by atoms with E-state index < -0.39 is 0 Å². The normalized spacial score (nSPS) is 12.4. The maximum atomic E-state index is 10.9. The van der Waals surface area contributed by atoms with Gasteiger partial charge in [-0.25, -0.2) is 0 Å². The van der Waals surface area contributed by atoms with E-state index in [2.05, 4.69) is 61.1 Å². The van der Waals surface area contributed by atoms with Gasteiger partial charge in [0.2, 0.25) is 0 Å². The van der Waals surface area contributed by atoms with E-state index in [4.69, 9.17) is 4.74 Å². The van der Waals surface area contributed by atoms with E-state index in [-0.39, 0.29) is 5.97 Å². The summed E-state index contributed by atoms with van der Waals surface area (Å²) in [6, 6.07) is 0. The predicted molar refractivity (Wildman–Crippen MR) is 65.2 cm³/mol. The Hall–Kier alpha value is 1.15. The highest BCUT2D eigenvalue weighted by atomic mass is 127. The summed E-state index contributed by atoms with van der Waals surface area (Å²) in [5.41, 5.74) is 0. The van der Waals surface area contributed by atoms with Gasteiger partial charge in [0.15, 0.2) is 0 Å². The molecule has 0 N–H and O–H groups in total. The quantitative estimate of drug-likeness (QED) is 0.493. The van der Waals surface area contributed by atoms with Crippen LogP contribution in [-0.4, -0.2) is 12.6 Å². The van der Waals surface area contributed by atoms with Crippen LogP contribution in [0.1, 0.15) is 13.3 Å². The average Bonchev–Trinajstić information content (AvgIpc) is 1.87. The van der Waals surface area contributed by atoms with Gasteiger partial charge in [0.25, 0.3) is 0 Å². The highest BCUT2D eigenvalue weighted by Gasteiger charge is 2.05. The van der Waals surface area contributed by atoms with Gasteiger partial charge in [-0.3, -0.25) is 4.79 Å². The summed E-state index contributed by atoms with van der Waals surface area (Å²) in [5.74, 6) is -0.175. The van der Waals surface area contributed by atoms with Crippen LogP contribution >= 0.6 is 61.1 Å². The molecule has 0 bridgehead atoms. The predicted octanol–water partition coefficient (Wildman–Crippen LogP) is 3.37. The number of hydrogen-bond donors (Lipinski definition) is 0. The van der Waals surface area contributed by atoms with Crippen molar-refractivity contribution in [3.8, 4) is 0 Å². The van der Waals surface area contributed by atoms with Gasteiger partial charge in [0, 0.05) is 3.58 Å². The van der Waals surface area contributed by atoms with E-state index in [0.29, 0.717) is 13.0 Å². The molecule has 0 rings (SSSR count). The second-order valence-electron chi connectivity index (χ2n) is 1.65. The molecule has 0 unspecified atom stereocenters. The van der Waals surface area contributed by atoms with Gasteiger partial charge in [-0.05, 0) is 68.0 Å². The lowest BCUT2D eigenvalue weighted by molar-refractivity contribution is -0.142. The van der Waals surface area contributed by atoms with E-state index in [9.17, 15) is 4.79 Å². The van der Waals surface area contributed by atoms with E-state index in [1.54, 1.807) is 6.92 Å². The van der Waals surface area contributed by atoms with Crippen molar-refractivity contribution in [2.24, 2.45) is 0 Å². The van der Waals surface area contributed by atoms with Crippen molar-refractivity contribution in [2.75, 3.05) is 6.61 Å². The Balaban J connectivity index is 3.86. The monoisotopic (exact) mass is 444 g/mol. The number of halogens is 3. The molecule has 0 aromatic carbocycles. The summed E-state index contributed by atoms with van der Waals surface area (Å²) >= 11 is 7.49. The van der Waals surface area contributed by atoms with Crippen LogP contribution in [-0.2, 0) is 9.53 Å². The van der Waals surface area contributed by atoms with Crippen molar-refractivity contribution in [1.82, 2.24) is 0 Å². The van der Waals surface area contributed by atoms with Crippen molar-refractivity contribution in [3.05, 3.63) is 6.07 Å². The Kier molecular flexibility index (Phi) is 7.34. The van der Waals surface area contributed by atoms with Crippen molar-refractivity contribution in [1.29, 1.82) is 0 Å². The largest absolute Gasteiger partial charge is 0.466 e. The third-order valence-electron chi connectivity index (χ3n) is 0.810. The summed E-state index contributed by atoms with van der Waals surface area (Å²) in [6.45, 7) is 2.25. The fourth-order valence-electron chi connectivity index (χ4n) is 0.406. The summed E-state index contributed by atoms with van der Waals surface area (Å²) in [6.07, 6.45) is 0.359. The molecule has 0 aromatic heterocycles. The van der Waals surface area contributed by atoms with Crippen molar-refractivity contribution in [3.63, 3.8) is 0 Å². The molecular formula is C6H7BrI2O2. The average molecular weight is 445 g/mol. The van der Waals surface area contributed by atoms with Crippen LogP contribution in [0.25, 0.3) is 0 Å². The summed E-state index contributed by atoms with van der Waals surface area (Å²) in [7, 11) is 0. The van der Waals surface area contributed by atoms with Crippen molar-refractivity contribution >= 4 is 67.1 Å². The van der Waals surface area contributed by atoms with Crippen LogP contribution in [0.15, 0.2) is 6.07 Å². The van der Waals surface area contributed by atoms with E-state index in [1.807, 2.05) is 0 Å². The molecule has 11 heavy (non-hydrogen) atoms. The zero-order chi connectivity index (χ0) is 8.85. The highest BCUT2D eigenvalue weighted by molar-refractivity contribution is 14.1. The van der Waals surface area contributed by atoms with Crippen LogP contribution < -0.4 is 0 Å². The van der Waals surface area contributed by atoms with Crippen LogP contribution in [0.4, 0.5) is 0 Å². The minimum atomic E-state index is -0.175. The van der Waals surface area contributed by atoms with E-state index in [0.717, 1.165) is 6.07 Å². The Morgan fingerprint density at radius 3 is 2.45 bits per heavy atom. The summed E-state index contributed by atoms with van der Waals surface area (Å²) in [4.78, 5) is 10.9. The molecule has 0 radical (unpaired) electrons. The summed E-state index contributed by atoms with van der Waals surface area (Å²) in [5, 5.41) is 0. The third kappa shape index (κ3) is 6.32. The maximum absolute atomic E-state index is 10.9. The van der Waals surface area contributed by atoms with Crippen LogP contribution in [0, 0.1) is 0 Å². The molecule has 0 aliphatic rings. The number of carbonyl (C=O) groups is 1. The molecule has 0 fully saturated rings. The van der Waals surface area contributed by atoms with Crippen LogP contribution in [0.5, 0.6) is 0 Å². The second-order valence-corrected chi connectivity index (χ2v) is 6.30. The van der Waals surface area contributed by atoms with Gasteiger partial charge >= 0.3 is 5.97 Å². The van der Waals surface area contributed by atoms with E-state index >= 15 is 0 Å². The molecule has 0 heterocycles. The van der Waals surface area contributed by atoms with Gasteiger partial charge in [-0.15, -0.1) is 0 Å². The van der Waals surface area contributed by atoms with E-state index in [1.165, 1.54) is 0 Å². The Morgan fingerprint density at radius 1 is 1.55 bits per heavy atom. The van der Waals surface area contributed by atoms with Crippen LogP contribution in [0.2, 0.25) is 0 Å². The molecule has 0 amide bonds. The van der Waals surface area contributed by atoms with Gasteiger partial charge in [-0.1, -0.05) is 0 Å². The lowest BCUT2D eigenvalue weighted by atomic mass is 10.4. The fourth-order valence-corrected chi connectivity index (χ4v) is 1.05. The standard InChI is InChI=1S/C6H7BrI2O2/c1-2-11-5(10)3-4(8)6(7)9/h2-3H2,1H3. The molecular weight excluding hydrogens is 438 g/mol. The Bertz CT molecular complexity index is 175. The molecule has 0 spiro atoms. The number of rotatable bonds is 3. The molecule has 0 aliphatic carbocycles. The Morgan fingerprint density at radius 2 is 2.09 bits per heavy atom. The van der Waals surface area contributed by atoms with Gasteiger partial charge in [0.1, 0.15) is 0 Å². The van der Waals surface area contributed by atoms with Crippen molar-refractivity contribution < 1.29 is 9.53 Å². The van der Waals surface area contributed by atoms with Gasteiger partial charge in [0.05, 0.1) is 15.5 Å². The van der Waals surface area contributed by atoms with Gasteiger partial charge < -0.3 is 4.74 Å². The minimum Gasteiger partial charge on any atom is -0.466 e. The molecule has 0 saturated carbocycles. The minimum absolute atomic E-state index is 0.175. The molecule has 64 valence electrons. The molecule has 5 heteroatoms.